The van der Waals surface area contributed by atoms with Crippen LogP contribution in [0.15, 0.2) is 51.1 Å². The maximum Gasteiger partial charge on any atom is 0.243 e. The van der Waals surface area contributed by atoms with Gasteiger partial charge in [-0.2, -0.15) is 4.31 Å². The molecular formula is C20H24N6O3S2. The van der Waals surface area contributed by atoms with Crippen LogP contribution in [0.4, 0.5) is 0 Å². The Balaban J connectivity index is 1.55. The number of hydrogen-bond acceptors (Lipinski definition) is 7. The molecule has 0 amide bonds. The van der Waals surface area contributed by atoms with Crippen LogP contribution in [0.5, 0.6) is 0 Å². The average Bonchev–Trinajstić information content (AvgIpc) is 3.50. The van der Waals surface area contributed by atoms with Crippen LogP contribution in [0.25, 0.3) is 22.6 Å². The summed E-state index contributed by atoms with van der Waals surface area (Å²) in [5.41, 5.74) is 1.42. The van der Waals surface area contributed by atoms with Gasteiger partial charge in [-0.1, -0.05) is 25.6 Å². The minimum atomic E-state index is -3.52. The number of sulfonamides is 1. The lowest BCUT2D eigenvalue weighted by atomic mass is 10.3. The summed E-state index contributed by atoms with van der Waals surface area (Å²) in [7, 11) is -3.52. The molecule has 3 heterocycles. The Labute approximate surface area is 184 Å². The largest absolute Gasteiger partial charge is 0.461 e. The molecule has 0 bridgehead atoms. The number of nitrogens with one attached hydrogen (secondary N) is 1. The van der Waals surface area contributed by atoms with E-state index in [9.17, 15) is 8.42 Å². The molecule has 0 saturated carbocycles. The third kappa shape index (κ3) is 4.12. The number of furan rings is 1. The van der Waals surface area contributed by atoms with E-state index in [0.29, 0.717) is 42.5 Å². The first-order chi connectivity index (χ1) is 15.0. The molecule has 3 aromatic heterocycles. The Hall–Kier alpha value is -2.63. The molecular weight excluding hydrogens is 436 g/mol. The van der Waals surface area contributed by atoms with Crippen molar-refractivity contribution in [1.29, 1.82) is 0 Å². The molecule has 11 heteroatoms. The van der Waals surface area contributed by atoms with Gasteiger partial charge >= 0.3 is 0 Å². The zero-order chi connectivity index (χ0) is 22.0. The fraction of sp³-hybridized carbons (Fsp3) is 0.350. The molecule has 1 N–H and O–H groups in total. The van der Waals surface area contributed by atoms with Crippen LogP contribution in [-0.4, -0.2) is 50.5 Å². The van der Waals surface area contributed by atoms with Gasteiger partial charge in [0.1, 0.15) is 5.82 Å². The van der Waals surface area contributed by atoms with Gasteiger partial charge in [-0.15, -0.1) is 10.2 Å². The van der Waals surface area contributed by atoms with Gasteiger partial charge in [0, 0.05) is 19.6 Å². The van der Waals surface area contributed by atoms with Crippen molar-refractivity contribution in [1.82, 2.24) is 29.0 Å². The molecule has 0 spiro atoms. The standard InChI is InChI=1S/C20H24N6O3S2/c1-4-25(5-2)31(27,28)14-9-10-15-16(12-14)22-18(21-15)13-30-20-24-23-19(26(20)6-3)17-8-7-11-29-17/h7-12H,4-6,13H2,1-3H3,(H,21,22). The summed E-state index contributed by atoms with van der Waals surface area (Å²) in [6, 6.07) is 8.67. The minimum absolute atomic E-state index is 0.264. The Bertz CT molecular complexity index is 1270. The monoisotopic (exact) mass is 460 g/mol. The van der Waals surface area contributed by atoms with E-state index in [1.54, 1.807) is 24.5 Å². The van der Waals surface area contributed by atoms with Gasteiger partial charge in [0.15, 0.2) is 16.7 Å². The van der Waals surface area contributed by atoms with Crippen LogP contribution in [0.1, 0.15) is 26.6 Å². The van der Waals surface area contributed by atoms with Gasteiger partial charge in [0.25, 0.3) is 0 Å². The van der Waals surface area contributed by atoms with E-state index in [4.69, 9.17) is 4.42 Å². The highest BCUT2D eigenvalue weighted by Crippen LogP contribution is 2.27. The Morgan fingerprint density at radius 2 is 1.97 bits per heavy atom. The van der Waals surface area contributed by atoms with Crippen molar-refractivity contribution < 1.29 is 12.8 Å². The molecule has 0 aliphatic rings. The highest BCUT2D eigenvalue weighted by atomic mass is 32.2. The lowest BCUT2D eigenvalue weighted by Crippen LogP contribution is -2.30. The molecule has 4 rings (SSSR count). The van der Waals surface area contributed by atoms with Crippen LogP contribution in [-0.2, 0) is 22.3 Å². The van der Waals surface area contributed by atoms with E-state index in [0.717, 1.165) is 16.5 Å². The minimum Gasteiger partial charge on any atom is -0.461 e. The maximum absolute atomic E-state index is 12.8. The maximum atomic E-state index is 12.8. The number of rotatable bonds is 9. The first-order valence-corrected chi connectivity index (χ1v) is 12.5. The van der Waals surface area contributed by atoms with Crippen LogP contribution >= 0.6 is 11.8 Å². The fourth-order valence-electron chi connectivity index (χ4n) is 3.38. The zero-order valence-electron chi connectivity index (χ0n) is 17.6. The molecule has 0 aliphatic heterocycles. The smallest absolute Gasteiger partial charge is 0.243 e. The Kier molecular flexibility index (Phi) is 6.17. The predicted molar refractivity (Wildman–Crippen MR) is 119 cm³/mol. The average molecular weight is 461 g/mol. The number of nitrogens with zero attached hydrogens (tertiary/aromatic N) is 5. The number of H-pyrrole nitrogens is 1. The number of fused-ring (bicyclic) bond motifs is 1. The second kappa shape index (κ2) is 8.85. The molecule has 0 saturated heterocycles. The van der Waals surface area contributed by atoms with Crippen molar-refractivity contribution in [2.24, 2.45) is 0 Å². The zero-order valence-corrected chi connectivity index (χ0v) is 19.2. The topological polar surface area (TPSA) is 110 Å². The second-order valence-electron chi connectivity index (χ2n) is 6.77. The van der Waals surface area contributed by atoms with Crippen LogP contribution in [0.3, 0.4) is 0 Å². The molecule has 0 aliphatic carbocycles. The van der Waals surface area contributed by atoms with Gasteiger partial charge in [0.2, 0.25) is 10.0 Å². The van der Waals surface area contributed by atoms with Crippen molar-refractivity contribution in [2.75, 3.05) is 13.1 Å². The highest BCUT2D eigenvalue weighted by molar-refractivity contribution is 7.98. The summed E-state index contributed by atoms with van der Waals surface area (Å²) in [6.07, 6.45) is 1.61. The summed E-state index contributed by atoms with van der Waals surface area (Å²) in [6.45, 7) is 7.26. The van der Waals surface area contributed by atoms with Gasteiger partial charge in [0.05, 0.1) is 27.9 Å². The summed E-state index contributed by atoms with van der Waals surface area (Å²) in [5.74, 6) is 2.64. The number of hydrogen-bond donors (Lipinski definition) is 1. The Morgan fingerprint density at radius 1 is 1.16 bits per heavy atom. The van der Waals surface area contributed by atoms with Crippen molar-refractivity contribution in [3.8, 4) is 11.6 Å². The van der Waals surface area contributed by atoms with Gasteiger partial charge < -0.3 is 9.40 Å². The SMILES string of the molecule is CCN(CC)S(=O)(=O)c1ccc2nc(CSc3nnc(-c4ccco4)n3CC)[nH]c2c1. The first-order valence-electron chi connectivity index (χ1n) is 10.1. The highest BCUT2D eigenvalue weighted by Gasteiger charge is 2.22. The molecule has 0 unspecified atom stereocenters. The van der Waals surface area contributed by atoms with Crippen LogP contribution < -0.4 is 0 Å². The molecule has 1 aromatic carbocycles. The van der Waals surface area contributed by atoms with Crippen molar-refractivity contribution in [3.63, 3.8) is 0 Å². The van der Waals surface area contributed by atoms with Gasteiger partial charge in [-0.3, -0.25) is 4.57 Å². The summed E-state index contributed by atoms with van der Waals surface area (Å²) < 4.78 is 34.4. The number of benzene rings is 1. The molecule has 164 valence electrons. The van der Waals surface area contributed by atoms with E-state index >= 15 is 0 Å². The van der Waals surface area contributed by atoms with Crippen molar-refractivity contribution >= 4 is 32.8 Å². The lowest BCUT2D eigenvalue weighted by Gasteiger charge is -2.18. The van der Waals surface area contributed by atoms with Crippen LogP contribution in [0, 0.1) is 0 Å². The van der Waals surface area contributed by atoms with E-state index in [2.05, 4.69) is 20.2 Å². The number of thioether (sulfide) groups is 1. The van der Waals surface area contributed by atoms with E-state index in [1.165, 1.54) is 16.1 Å². The van der Waals surface area contributed by atoms with E-state index < -0.39 is 10.0 Å². The quantitative estimate of drug-likeness (QED) is 0.379. The molecule has 0 fully saturated rings. The molecule has 31 heavy (non-hydrogen) atoms. The van der Waals surface area contributed by atoms with Gasteiger partial charge in [-0.05, 0) is 37.3 Å². The normalized spacial score (nSPS) is 12.3. The molecule has 4 aromatic rings. The third-order valence-corrected chi connectivity index (χ3v) is 7.98. The van der Waals surface area contributed by atoms with E-state index in [-0.39, 0.29) is 4.90 Å². The summed E-state index contributed by atoms with van der Waals surface area (Å²) >= 11 is 1.51. The van der Waals surface area contributed by atoms with Crippen molar-refractivity contribution in [3.05, 3.63) is 42.4 Å². The van der Waals surface area contributed by atoms with Crippen molar-refractivity contribution in [2.45, 2.75) is 43.1 Å². The number of imidazole rings is 1. The molecule has 9 nitrogen and oxygen atoms in total. The van der Waals surface area contributed by atoms with E-state index in [1.807, 2.05) is 37.5 Å². The fourth-order valence-corrected chi connectivity index (χ4v) is 5.74. The Morgan fingerprint density at radius 3 is 2.65 bits per heavy atom. The summed E-state index contributed by atoms with van der Waals surface area (Å²) in [4.78, 5) is 8.09. The molecule has 0 atom stereocenters. The lowest BCUT2D eigenvalue weighted by molar-refractivity contribution is 0.445. The number of aromatic amines is 1. The first kappa shape index (κ1) is 21.6. The van der Waals surface area contributed by atoms with Crippen LogP contribution in [0.2, 0.25) is 0 Å². The van der Waals surface area contributed by atoms with Gasteiger partial charge in [-0.25, -0.2) is 13.4 Å². The third-order valence-electron chi connectivity index (χ3n) is 4.96. The molecule has 0 radical (unpaired) electrons. The second-order valence-corrected chi connectivity index (χ2v) is 9.65. The summed E-state index contributed by atoms with van der Waals surface area (Å²) in [5, 5.41) is 9.30. The number of aromatic nitrogens is 5. The predicted octanol–water partition coefficient (Wildman–Crippen LogP) is 3.76.